The van der Waals surface area contributed by atoms with E-state index in [-0.39, 0.29) is 17.7 Å². The second kappa shape index (κ2) is 13.4. The minimum Gasteiger partial charge on any atom is -0.338 e. The highest BCUT2D eigenvalue weighted by Crippen LogP contribution is 2.15. The number of amidine groups is 1. The average molecular weight is 386 g/mol. The average Bonchev–Trinajstić information content (AvgIpc) is 2.61. The summed E-state index contributed by atoms with van der Waals surface area (Å²) in [6.45, 7) is 8.05. The molecular weight excluding hydrogens is 354 g/mol. The number of nitrogens with zero attached hydrogens (tertiary/aromatic N) is 2. The summed E-state index contributed by atoms with van der Waals surface area (Å²) >= 11 is 1.03. The summed E-state index contributed by atoms with van der Waals surface area (Å²) in [4.78, 5) is 28.0. The second-order valence-corrected chi connectivity index (χ2v) is 6.74. The molecule has 5 N–H and O–H groups in total. The van der Waals surface area contributed by atoms with E-state index >= 15 is 0 Å². The zero-order valence-corrected chi connectivity index (χ0v) is 16.7. The number of hydrogen-bond acceptors (Lipinski definition) is 7. The summed E-state index contributed by atoms with van der Waals surface area (Å²) in [5.74, 6) is 0.688. The summed E-state index contributed by atoms with van der Waals surface area (Å²) in [6.07, 6.45) is 5.99. The molecule has 1 aliphatic rings. The zero-order chi connectivity index (χ0) is 19.2. The lowest BCUT2D eigenvalue weighted by Gasteiger charge is -2.30. The van der Waals surface area contributed by atoms with Crippen LogP contribution in [0.1, 0.15) is 46.5 Å². The van der Waals surface area contributed by atoms with Crippen molar-refractivity contribution in [2.45, 2.75) is 46.5 Å². The van der Waals surface area contributed by atoms with E-state index < -0.39 is 0 Å². The van der Waals surface area contributed by atoms with Crippen molar-refractivity contribution in [1.82, 2.24) is 32.1 Å². The van der Waals surface area contributed by atoms with E-state index in [1.54, 1.807) is 11.3 Å². The van der Waals surface area contributed by atoms with Gasteiger partial charge in [-0.25, -0.2) is 10.2 Å². The van der Waals surface area contributed by atoms with Gasteiger partial charge in [-0.2, -0.15) is 0 Å². The molecule has 1 rings (SSSR count). The Bertz CT molecular complexity index is 511. The molecule has 0 aliphatic carbocycles. The number of unbranched alkanes of at least 4 members (excludes halogenated alkanes) is 2. The lowest BCUT2D eigenvalue weighted by Crippen LogP contribution is -2.60. The number of aliphatic imine (C=N–C) groups is 1. The number of nitrogens with one attached hydrogen (secondary N) is 5. The molecule has 0 aromatic rings. The Hall–Kier alpha value is -1.78. The topological polar surface area (TPSA) is 110 Å². The molecule has 0 aromatic heterocycles. The van der Waals surface area contributed by atoms with E-state index in [1.165, 1.54) is 0 Å². The predicted octanol–water partition coefficient (Wildman–Crippen LogP) is 1.23. The van der Waals surface area contributed by atoms with E-state index in [1.807, 2.05) is 6.92 Å². The Morgan fingerprint density at radius 2 is 1.92 bits per heavy atom. The molecule has 2 amide bonds. The highest BCUT2D eigenvalue weighted by atomic mass is 32.2. The van der Waals surface area contributed by atoms with Crippen LogP contribution in [-0.2, 0) is 4.79 Å². The number of thioether (sulfide) groups is 1. The lowest BCUT2D eigenvalue weighted by molar-refractivity contribution is -0.110. The number of urea groups is 1. The molecule has 148 valence electrons. The standard InChI is InChI=1S/C16H31N7O2S/c1-4-7-9-18-13-11-14(22-23(21-13)20-10-8-5-2)26-15(24)12-19-16(25)17-6-3/h11,20,22H,4-10,12H2,1-3H3,(H,18,21)(H2,17,19,25). The van der Waals surface area contributed by atoms with Crippen LogP contribution in [0.3, 0.4) is 0 Å². The van der Waals surface area contributed by atoms with Gasteiger partial charge in [0.2, 0.25) is 5.12 Å². The molecule has 26 heavy (non-hydrogen) atoms. The lowest BCUT2D eigenvalue weighted by atomic mass is 10.3. The van der Waals surface area contributed by atoms with Crippen LogP contribution in [0.5, 0.6) is 0 Å². The van der Waals surface area contributed by atoms with Crippen LogP contribution in [0.4, 0.5) is 4.79 Å². The Labute approximate surface area is 159 Å². The van der Waals surface area contributed by atoms with Gasteiger partial charge in [-0.1, -0.05) is 31.9 Å². The number of carbonyl (C=O) groups is 2. The van der Waals surface area contributed by atoms with Crippen LogP contribution < -0.4 is 26.9 Å². The third-order valence-electron chi connectivity index (χ3n) is 3.26. The van der Waals surface area contributed by atoms with Crippen LogP contribution in [0.2, 0.25) is 0 Å². The fourth-order valence-electron chi connectivity index (χ4n) is 1.91. The minimum absolute atomic E-state index is 0.0471. The van der Waals surface area contributed by atoms with Crippen molar-refractivity contribution in [3.05, 3.63) is 11.1 Å². The number of rotatable bonds is 11. The van der Waals surface area contributed by atoms with Crippen LogP contribution in [0, 0.1) is 0 Å². The van der Waals surface area contributed by atoms with Gasteiger partial charge in [0.05, 0.1) is 11.6 Å². The maximum Gasteiger partial charge on any atom is 0.315 e. The van der Waals surface area contributed by atoms with E-state index in [9.17, 15) is 9.59 Å². The fraction of sp³-hybridized carbons (Fsp3) is 0.688. The predicted molar refractivity (Wildman–Crippen MR) is 106 cm³/mol. The number of amides is 2. The Balaban J connectivity index is 2.61. The second-order valence-electron chi connectivity index (χ2n) is 5.64. The zero-order valence-electron chi connectivity index (χ0n) is 15.9. The molecule has 0 bridgehead atoms. The first-order chi connectivity index (χ1) is 12.6. The van der Waals surface area contributed by atoms with Gasteiger partial charge in [0.25, 0.3) is 0 Å². The normalized spacial score (nSPS) is 15.8. The van der Waals surface area contributed by atoms with Crippen molar-refractivity contribution in [3.63, 3.8) is 0 Å². The smallest absolute Gasteiger partial charge is 0.315 e. The Kier molecular flexibility index (Phi) is 11.5. The van der Waals surface area contributed by atoms with Crippen molar-refractivity contribution in [2.75, 3.05) is 26.2 Å². The Morgan fingerprint density at radius 1 is 1.15 bits per heavy atom. The third-order valence-corrected chi connectivity index (χ3v) is 4.07. The number of hydrogen-bond donors (Lipinski definition) is 5. The van der Waals surface area contributed by atoms with Crippen LogP contribution in [-0.4, -0.2) is 48.4 Å². The molecule has 10 heteroatoms. The molecule has 0 atom stereocenters. The maximum absolute atomic E-state index is 12.1. The Morgan fingerprint density at radius 3 is 2.62 bits per heavy atom. The summed E-state index contributed by atoms with van der Waals surface area (Å²) in [5.41, 5.74) is 9.40. The molecule has 0 saturated heterocycles. The van der Waals surface area contributed by atoms with Crippen molar-refractivity contribution in [1.29, 1.82) is 0 Å². The molecule has 9 nitrogen and oxygen atoms in total. The molecule has 0 fully saturated rings. The van der Waals surface area contributed by atoms with Crippen molar-refractivity contribution in [3.8, 4) is 0 Å². The summed E-state index contributed by atoms with van der Waals surface area (Å²) in [5, 5.41) is 7.21. The summed E-state index contributed by atoms with van der Waals surface area (Å²) < 4.78 is 0. The van der Waals surface area contributed by atoms with E-state index in [2.05, 4.69) is 45.8 Å². The van der Waals surface area contributed by atoms with Crippen molar-refractivity contribution in [2.24, 2.45) is 4.99 Å². The monoisotopic (exact) mass is 385 g/mol. The van der Waals surface area contributed by atoms with Gasteiger partial charge < -0.3 is 10.6 Å². The van der Waals surface area contributed by atoms with Crippen molar-refractivity contribution >= 4 is 28.7 Å². The molecule has 1 heterocycles. The first kappa shape index (κ1) is 22.3. The third kappa shape index (κ3) is 9.64. The molecular formula is C16H31N7O2S. The fourth-order valence-corrected chi connectivity index (χ4v) is 2.61. The van der Waals surface area contributed by atoms with Gasteiger partial charge in [0, 0.05) is 25.7 Å². The van der Waals surface area contributed by atoms with Gasteiger partial charge in [0.1, 0.15) is 5.84 Å². The molecule has 0 saturated carbocycles. The highest BCUT2D eigenvalue weighted by molar-refractivity contribution is 8.17. The van der Waals surface area contributed by atoms with Crippen LogP contribution in [0.15, 0.2) is 16.1 Å². The van der Waals surface area contributed by atoms with Crippen LogP contribution >= 0.6 is 11.8 Å². The number of hydrazine groups is 3. The highest BCUT2D eigenvalue weighted by Gasteiger charge is 2.18. The van der Waals surface area contributed by atoms with E-state index in [0.29, 0.717) is 17.4 Å². The largest absolute Gasteiger partial charge is 0.338 e. The molecule has 0 spiro atoms. The van der Waals surface area contributed by atoms with Gasteiger partial charge in [-0.05, 0) is 31.5 Å². The minimum atomic E-state index is -0.349. The van der Waals surface area contributed by atoms with E-state index in [0.717, 1.165) is 50.5 Å². The van der Waals surface area contributed by atoms with Crippen molar-refractivity contribution < 1.29 is 9.59 Å². The van der Waals surface area contributed by atoms with E-state index in [4.69, 9.17) is 0 Å². The first-order valence-corrected chi connectivity index (χ1v) is 9.96. The SMILES string of the molecule is CCCCN=C1C=C(SC(=O)CNC(=O)NCC)NN(NCCCC)N1. The molecule has 0 unspecified atom stereocenters. The molecule has 1 aliphatic heterocycles. The quantitative estimate of drug-likeness (QED) is 0.340. The van der Waals surface area contributed by atoms with Gasteiger partial charge >= 0.3 is 6.03 Å². The summed E-state index contributed by atoms with van der Waals surface area (Å²) in [7, 11) is 0. The first-order valence-electron chi connectivity index (χ1n) is 9.14. The number of carbonyl (C=O) groups excluding carboxylic acids is 2. The summed E-state index contributed by atoms with van der Waals surface area (Å²) in [6, 6.07) is -0.349. The molecule has 0 aromatic carbocycles. The van der Waals surface area contributed by atoms with Gasteiger partial charge in [-0.15, -0.1) is 0 Å². The maximum atomic E-state index is 12.1. The molecule has 0 radical (unpaired) electrons. The van der Waals surface area contributed by atoms with Gasteiger partial charge in [-0.3, -0.25) is 20.6 Å². The van der Waals surface area contributed by atoms with Gasteiger partial charge in [0.15, 0.2) is 0 Å². The van der Waals surface area contributed by atoms with Crippen LogP contribution in [0.25, 0.3) is 0 Å².